The number of rotatable bonds is 8. The second kappa shape index (κ2) is 10.4. The number of nitrogens with two attached hydrogens (primary N) is 1. The van der Waals surface area contributed by atoms with E-state index in [9.17, 15) is 14.4 Å². The molecule has 3 amide bonds. The number of piperazine rings is 1. The number of hydrogen-bond donors (Lipinski definition) is 2. The first-order chi connectivity index (χ1) is 13.6. The molecule has 2 fully saturated rings. The Kier molecular flexibility index (Phi) is 8.49. The Balaban J connectivity index is 2.14. The fraction of sp³-hybridized carbons (Fsp3) is 0.864. The molecule has 2 heterocycles. The van der Waals surface area contributed by atoms with Crippen molar-refractivity contribution in [3.05, 3.63) is 0 Å². The zero-order valence-corrected chi connectivity index (χ0v) is 18.8. The molecule has 0 aromatic rings. The summed E-state index contributed by atoms with van der Waals surface area (Å²) in [5.41, 5.74) is 5.36. The van der Waals surface area contributed by atoms with Gasteiger partial charge in [-0.15, -0.1) is 0 Å². The van der Waals surface area contributed by atoms with E-state index >= 15 is 0 Å². The molecule has 0 aliphatic carbocycles. The quantitative estimate of drug-likeness (QED) is 0.640. The normalized spacial score (nSPS) is 26.9. The number of carbonyl (C=O) groups is 3. The molecule has 7 heteroatoms. The van der Waals surface area contributed by atoms with Crippen molar-refractivity contribution in [2.75, 3.05) is 19.6 Å². The SMILES string of the molecule is CC(C)CC(C(=O)N1CC[C@H](CC(N)=O)C[C@@H]1C)N1CCN[C@@H](CC(C)C)C1=O. The summed E-state index contributed by atoms with van der Waals surface area (Å²) in [7, 11) is 0. The molecule has 3 N–H and O–H groups in total. The first-order valence-corrected chi connectivity index (χ1v) is 11.2. The summed E-state index contributed by atoms with van der Waals surface area (Å²) < 4.78 is 0. The lowest BCUT2D eigenvalue weighted by atomic mass is 9.87. The highest BCUT2D eigenvalue weighted by atomic mass is 16.2. The molecule has 0 radical (unpaired) electrons. The summed E-state index contributed by atoms with van der Waals surface area (Å²) in [4.78, 5) is 41.7. The maximum atomic E-state index is 13.6. The molecular formula is C22H40N4O3. The van der Waals surface area contributed by atoms with Gasteiger partial charge in [0.15, 0.2) is 0 Å². The number of primary amides is 1. The van der Waals surface area contributed by atoms with Crippen LogP contribution in [-0.4, -0.2) is 65.3 Å². The summed E-state index contributed by atoms with van der Waals surface area (Å²) in [6.07, 6.45) is 3.42. The van der Waals surface area contributed by atoms with Crippen LogP contribution in [0.1, 0.15) is 66.7 Å². The Morgan fingerprint density at radius 1 is 1.17 bits per heavy atom. The van der Waals surface area contributed by atoms with Crippen molar-refractivity contribution in [2.24, 2.45) is 23.5 Å². The monoisotopic (exact) mass is 408 g/mol. The number of nitrogens with zero attached hydrogens (tertiary/aromatic N) is 2. The van der Waals surface area contributed by atoms with Crippen molar-refractivity contribution < 1.29 is 14.4 Å². The van der Waals surface area contributed by atoms with Gasteiger partial charge in [-0.2, -0.15) is 0 Å². The zero-order valence-electron chi connectivity index (χ0n) is 18.8. The Morgan fingerprint density at radius 3 is 2.41 bits per heavy atom. The summed E-state index contributed by atoms with van der Waals surface area (Å²) in [6, 6.07) is -0.556. The molecule has 166 valence electrons. The second-order valence-electron chi connectivity index (χ2n) is 9.75. The molecule has 2 aliphatic heterocycles. The average molecular weight is 409 g/mol. The lowest BCUT2D eigenvalue weighted by Gasteiger charge is -2.44. The molecule has 2 rings (SSSR count). The number of likely N-dealkylation sites (tertiary alicyclic amines) is 1. The van der Waals surface area contributed by atoms with Crippen molar-refractivity contribution in [3.8, 4) is 0 Å². The Hall–Kier alpha value is -1.63. The van der Waals surface area contributed by atoms with Gasteiger partial charge in [0.2, 0.25) is 17.7 Å². The van der Waals surface area contributed by atoms with E-state index in [0.29, 0.717) is 37.8 Å². The summed E-state index contributed by atoms with van der Waals surface area (Å²) >= 11 is 0. The number of nitrogens with one attached hydrogen (secondary N) is 1. The fourth-order valence-electron chi connectivity index (χ4n) is 4.79. The third-order valence-electron chi connectivity index (χ3n) is 6.15. The maximum Gasteiger partial charge on any atom is 0.245 e. The minimum Gasteiger partial charge on any atom is -0.370 e. The summed E-state index contributed by atoms with van der Waals surface area (Å²) in [5.74, 6) is 0.814. The van der Waals surface area contributed by atoms with E-state index in [1.54, 1.807) is 0 Å². The molecule has 0 aromatic carbocycles. The van der Waals surface area contributed by atoms with Crippen LogP contribution < -0.4 is 11.1 Å². The number of carbonyl (C=O) groups excluding carboxylic acids is 3. The van der Waals surface area contributed by atoms with Crippen molar-refractivity contribution in [1.29, 1.82) is 0 Å². The predicted octanol–water partition coefficient (Wildman–Crippen LogP) is 1.75. The molecule has 2 saturated heterocycles. The van der Waals surface area contributed by atoms with Gasteiger partial charge in [0.1, 0.15) is 6.04 Å². The van der Waals surface area contributed by atoms with Crippen molar-refractivity contribution >= 4 is 17.7 Å². The van der Waals surface area contributed by atoms with Crippen LogP contribution in [0, 0.1) is 17.8 Å². The smallest absolute Gasteiger partial charge is 0.245 e. The van der Waals surface area contributed by atoms with Gasteiger partial charge < -0.3 is 20.9 Å². The van der Waals surface area contributed by atoms with Crippen molar-refractivity contribution in [1.82, 2.24) is 15.1 Å². The second-order valence-corrected chi connectivity index (χ2v) is 9.75. The van der Waals surface area contributed by atoms with Gasteiger partial charge >= 0.3 is 0 Å². The van der Waals surface area contributed by atoms with E-state index < -0.39 is 6.04 Å². The van der Waals surface area contributed by atoms with E-state index in [2.05, 4.69) is 33.0 Å². The van der Waals surface area contributed by atoms with Gasteiger partial charge in [0.25, 0.3) is 0 Å². The first-order valence-electron chi connectivity index (χ1n) is 11.2. The van der Waals surface area contributed by atoms with E-state index in [1.165, 1.54) is 0 Å². The van der Waals surface area contributed by atoms with Gasteiger partial charge in [-0.3, -0.25) is 14.4 Å². The predicted molar refractivity (Wildman–Crippen MR) is 114 cm³/mol. The van der Waals surface area contributed by atoms with Crippen molar-refractivity contribution in [2.45, 2.75) is 84.8 Å². The average Bonchev–Trinajstić information content (AvgIpc) is 2.60. The lowest BCUT2D eigenvalue weighted by molar-refractivity contribution is -0.152. The molecule has 0 spiro atoms. The number of amides is 3. The third kappa shape index (κ3) is 6.43. The highest BCUT2D eigenvalue weighted by molar-refractivity contribution is 5.90. The maximum absolute atomic E-state index is 13.6. The van der Waals surface area contributed by atoms with Gasteiger partial charge in [-0.25, -0.2) is 0 Å². The molecule has 4 atom stereocenters. The highest BCUT2D eigenvalue weighted by Crippen LogP contribution is 2.28. The van der Waals surface area contributed by atoms with Gasteiger partial charge in [-0.05, 0) is 50.4 Å². The van der Waals surface area contributed by atoms with Crippen LogP contribution >= 0.6 is 0 Å². The molecule has 0 aromatic heterocycles. The molecule has 0 bridgehead atoms. The fourth-order valence-corrected chi connectivity index (χ4v) is 4.79. The zero-order chi connectivity index (χ0) is 21.7. The standard InChI is InChI=1S/C22H40N4O3/c1-14(2)10-18-21(28)26(9-7-24-18)19(11-15(3)4)22(29)25-8-6-17(12-16(25)5)13-20(23)27/h14-19,24H,6-13H2,1-5H3,(H2,23,27)/t16-,17-,18-,19?/m0/s1. The summed E-state index contributed by atoms with van der Waals surface area (Å²) in [6.45, 7) is 12.4. The molecular weight excluding hydrogens is 368 g/mol. The van der Waals surface area contributed by atoms with Crippen LogP contribution in [0.15, 0.2) is 0 Å². The van der Waals surface area contributed by atoms with Crippen LogP contribution in [0.25, 0.3) is 0 Å². The summed E-state index contributed by atoms with van der Waals surface area (Å²) in [5, 5.41) is 3.33. The minimum atomic E-state index is -0.408. The van der Waals surface area contributed by atoms with E-state index in [4.69, 9.17) is 5.73 Å². The van der Waals surface area contributed by atoms with Crippen LogP contribution in [-0.2, 0) is 14.4 Å². The number of piperidine rings is 1. The van der Waals surface area contributed by atoms with Gasteiger partial charge in [-0.1, -0.05) is 27.7 Å². The topological polar surface area (TPSA) is 95.7 Å². The largest absolute Gasteiger partial charge is 0.370 e. The van der Waals surface area contributed by atoms with Gasteiger partial charge in [0, 0.05) is 32.1 Å². The Labute approximate surface area is 175 Å². The Bertz CT molecular complexity index is 593. The van der Waals surface area contributed by atoms with Crippen molar-refractivity contribution in [3.63, 3.8) is 0 Å². The van der Waals surface area contributed by atoms with Crippen LogP contribution in [0.3, 0.4) is 0 Å². The lowest BCUT2D eigenvalue weighted by Crippen LogP contribution is -2.62. The van der Waals surface area contributed by atoms with Gasteiger partial charge in [0.05, 0.1) is 6.04 Å². The first kappa shape index (κ1) is 23.6. The number of hydrogen-bond acceptors (Lipinski definition) is 4. The molecule has 7 nitrogen and oxygen atoms in total. The van der Waals surface area contributed by atoms with Crippen LogP contribution in [0.5, 0.6) is 0 Å². The highest BCUT2D eigenvalue weighted by Gasteiger charge is 2.40. The van der Waals surface area contributed by atoms with E-state index in [-0.39, 0.29) is 35.7 Å². The molecule has 0 saturated carbocycles. The molecule has 1 unspecified atom stereocenters. The van der Waals surface area contributed by atoms with Crippen LogP contribution in [0.2, 0.25) is 0 Å². The molecule has 2 aliphatic rings. The van der Waals surface area contributed by atoms with E-state index in [1.807, 2.05) is 16.7 Å². The Morgan fingerprint density at radius 2 is 1.86 bits per heavy atom. The third-order valence-corrected chi connectivity index (χ3v) is 6.15. The minimum absolute atomic E-state index is 0.0553. The van der Waals surface area contributed by atoms with Crippen LogP contribution in [0.4, 0.5) is 0 Å². The van der Waals surface area contributed by atoms with E-state index in [0.717, 1.165) is 25.8 Å². The molecule has 29 heavy (non-hydrogen) atoms.